The summed E-state index contributed by atoms with van der Waals surface area (Å²) in [4.78, 5) is 22.6. The Morgan fingerprint density at radius 1 is 1.03 bits per heavy atom. The first-order valence-corrected chi connectivity index (χ1v) is 9.35. The van der Waals surface area contributed by atoms with E-state index in [4.69, 9.17) is 0 Å². The first kappa shape index (κ1) is 20.6. The number of rotatable bonds is 5. The first-order chi connectivity index (χ1) is 15.5. The lowest BCUT2D eigenvalue weighted by Gasteiger charge is -2.06. The average Bonchev–Trinajstić information content (AvgIpc) is 2.81. The molecule has 2 N–H and O–H groups in total. The van der Waals surface area contributed by atoms with Gasteiger partial charge in [0.05, 0.1) is 11.9 Å². The molecule has 2 aromatic heterocycles. The van der Waals surface area contributed by atoms with Gasteiger partial charge in [0.25, 0.3) is 5.56 Å². The zero-order valence-electron chi connectivity index (χ0n) is 16.4. The Hall–Kier alpha value is -4.71. The molecule has 9 heteroatoms. The van der Waals surface area contributed by atoms with Crippen LogP contribution in [-0.2, 0) is 0 Å². The standard InChI is InChI=1S/C23H14F2N6O/c24-19-8-6-15(16-7-9-20(25)27-12-16)10-17(19)13-28-31-23-29-21(14-4-2-1-3-5-14)18(11-26)22(32)30-23/h1-10,12-13H,(H2,29,30,31,32). The van der Waals surface area contributed by atoms with E-state index in [1.807, 2.05) is 6.07 Å². The van der Waals surface area contributed by atoms with E-state index in [9.17, 15) is 18.8 Å². The highest BCUT2D eigenvalue weighted by atomic mass is 19.1. The molecular weight excluding hydrogens is 414 g/mol. The summed E-state index contributed by atoms with van der Waals surface area (Å²) < 4.78 is 27.3. The normalized spacial score (nSPS) is 10.8. The minimum absolute atomic E-state index is 0.0107. The second-order valence-corrected chi connectivity index (χ2v) is 6.59. The fourth-order valence-corrected chi connectivity index (χ4v) is 2.97. The third kappa shape index (κ3) is 4.39. The highest BCUT2D eigenvalue weighted by Crippen LogP contribution is 2.21. The zero-order valence-corrected chi connectivity index (χ0v) is 16.4. The quantitative estimate of drug-likeness (QED) is 0.283. The van der Waals surface area contributed by atoms with Crippen molar-refractivity contribution in [3.63, 3.8) is 0 Å². The Labute approximate surface area is 180 Å². The van der Waals surface area contributed by atoms with Gasteiger partial charge in [-0.3, -0.25) is 9.78 Å². The SMILES string of the molecule is N#Cc1c(-c2ccccc2)nc(NN=Cc2cc(-c3ccc(F)nc3)ccc2F)[nH]c1=O. The molecule has 0 aliphatic rings. The fourth-order valence-electron chi connectivity index (χ4n) is 2.97. The highest BCUT2D eigenvalue weighted by molar-refractivity contribution is 5.83. The van der Waals surface area contributed by atoms with Crippen LogP contribution in [0.4, 0.5) is 14.7 Å². The number of hydrazone groups is 1. The van der Waals surface area contributed by atoms with E-state index in [-0.39, 0.29) is 22.8 Å². The number of anilines is 1. The number of halogens is 2. The molecule has 0 fully saturated rings. The number of nitrogens with one attached hydrogen (secondary N) is 2. The lowest BCUT2D eigenvalue weighted by Crippen LogP contribution is -2.16. The molecule has 0 atom stereocenters. The predicted molar refractivity (Wildman–Crippen MR) is 116 cm³/mol. The van der Waals surface area contributed by atoms with Gasteiger partial charge in [-0.05, 0) is 29.8 Å². The van der Waals surface area contributed by atoms with Crippen LogP contribution in [0.5, 0.6) is 0 Å². The second-order valence-electron chi connectivity index (χ2n) is 6.59. The molecule has 0 bridgehead atoms. The van der Waals surface area contributed by atoms with Crippen LogP contribution in [0.2, 0.25) is 0 Å². The molecule has 2 heterocycles. The van der Waals surface area contributed by atoms with Crippen molar-refractivity contribution in [1.29, 1.82) is 5.26 Å². The van der Waals surface area contributed by atoms with E-state index < -0.39 is 17.3 Å². The van der Waals surface area contributed by atoms with Crippen molar-refractivity contribution in [2.45, 2.75) is 0 Å². The minimum atomic E-state index is -0.629. The number of hydrogen-bond acceptors (Lipinski definition) is 6. The maximum Gasteiger partial charge on any atom is 0.270 e. The molecule has 0 unspecified atom stereocenters. The topological polar surface area (TPSA) is 107 Å². The van der Waals surface area contributed by atoms with Crippen LogP contribution < -0.4 is 11.0 Å². The van der Waals surface area contributed by atoms with Gasteiger partial charge in [-0.2, -0.15) is 14.8 Å². The van der Waals surface area contributed by atoms with Crippen molar-refractivity contribution in [1.82, 2.24) is 15.0 Å². The van der Waals surface area contributed by atoms with Crippen LogP contribution in [-0.4, -0.2) is 21.2 Å². The molecule has 32 heavy (non-hydrogen) atoms. The van der Waals surface area contributed by atoms with Gasteiger partial charge in [0.2, 0.25) is 11.9 Å². The van der Waals surface area contributed by atoms with E-state index in [1.54, 1.807) is 36.4 Å². The number of H-pyrrole nitrogens is 1. The van der Waals surface area contributed by atoms with E-state index in [0.29, 0.717) is 16.7 Å². The monoisotopic (exact) mass is 428 g/mol. The average molecular weight is 428 g/mol. The number of benzene rings is 2. The van der Waals surface area contributed by atoms with Crippen molar-refractivity contribution in [2.24, 2.45) is 5.10 Å². The fraction of sp³-hybridized carbons (Fsp3) is 0. The van der Waals surface area contributed by atoms with Crippen molar-refractivity contribution >= 4 is 12.2 Å². The lowest BCUT2D eigenvalue weighted by molar-refractivity contribution is 0.584. The van der Waals surface area contributed by atoms with Crippen molar-refractivity contribution < 1.29 is 8.78 Å². The maximum atomic E-state index is 14.2. The predicted octanol–water partition coefficient (Wildman–Crippen LogP) is 4.09. The molecule has 4 aromatic rings. The Bertz CT molecular complexity index is 1390. The van der Waals surface area contributed by atoms with Gasteiger partial charge in [0.15, 0.2) is 0 Å². The van der Waals surface area contributed by atoms with Gasteiger partial charge in [-0.1, -0.05) is 36.4 Å². The number of pyridine rings is 1. The van der Waals surface area contributed by atoms with E-state index in [2.05, 4.69) is 25.5 Å². The van der Waals surface area contributed by atoms with E-state index in [0.717, 1.165) is 0 Å². The molecule has 0 aliphatic heterocycles. The van der Waals surface area contributed by atoms with Crippen LogP contribution in [0.3, 0.4) is 0 Å². The van der Waals surface area contributed by atoms with E-state index in [1.165, 1.54) is 36.7 Å². The molecule has 0 aliphatic carbocycles. The van der Waals surface area contributed by atoms with Gasteiger partial charge >= 0.3 is 0 Å². The largest absolute Gasteiger partial charge is 0.290 e. The van der Waals surface area contributed by atoms with Gasteiger partial charge in [0.1, 0.15) is 17.4 Å². The molecule has 4 rings (SSSR count). The number of hydrogen-bond donors (Lipinski definition) is 2. The van der Waals surface area contributed by atoms with Gasteiger partial charge in [-0.25, -0.2) is 19.8 Å². The first-order valence-electron chi connectivity index (χ1n) is 9.35. The Kier molecular flexibility index (Phi) is 5.76. The van der Waals surface area contributed by atoms with Gasteiger partial charge in [-0.15, -0.1) is 0 Å². The molecule has 0 spiro atoms. The minimum Gasteiger partial charge on any atom is -0.290 e. The number of aromatic nitrogens is 3. The van der Waals surface area contributed by atoms with E-state index >= 15 is 0 Å². The number of nitrogens with zero attached hydrogens (tertiary/aromatic N) is 4. The summed E-state index contributed by atoms with van der Waals surface area (Å²) in [6.07, 6.45) is 2.56. The number of nitriles is 1. The summed E-state index contributed by atoms with van der Waals surface area (Å²) in [5, 5.41) is 13.3. The maximum absolute atomic E-state index is 14.2. The smallest absolute Gasteiger partial charge is 0.270 e. The molecule has 156 valence electrons. The zero-order chi connectivity index (χ0) is 22.5. The van der Waals surface area contributed by atoms with Crippen molar-refractivity contribution in [3.8, 4) is 28.5 Å². The summed E-state index contributed by atoms with van der Waals surface area (Å²) in [5.74, 6) is -1.15. The Morgan fingerprint density at radius 3 is 2.53 bits per heavy atom. The second kappa shape index (κ2) is 8.97. The molecule has 0 radical (unpaired) electrons. The summed E-state index contributed by atoms with van der Waals surface area (Å²) >= 11 is 0. The molecule has 2 aromatic carbocycles. The Balaban J connectivity index is 1.61. The molecule has 0 amide bonds. The lowest BCUT2D eigenvalue weighted by atomic mass is 10.0. The van der Waals surface area contributed by atoms with Crippen LogP contribution in [0.1, 0.15) is 11.1 Å². The molecular formula is C23H14F2N6O. The summed E-state index contributed by atoms with van der Waals surface area (Å²) in [5.41, 5.74) is 3.97. The van der Waals surface area contributed by atoms with Crippen LogP contribution in [0, 0.1) is 23.1 Å². The summed E-state index contributed by atoms with van der Waals surface area (Å²) in [6.45, 7) is 0. The van der Waals surface area contributed by atoms with Crippen LogP contribution in [0.25, 0.3) is 22.4 Å². The molecule has 0 saturated carbocycles. The highest BCUT2D eigenvalue weighted by Gasteiger charge is 2.13. The van der Waals surface area contributed by atoms with Crippen LogP contribution >= 0.6 is 0 Å². The molecule has 7 nitrogen and oxygen atoms in total. The summed E-state index contributed by atoms with van der Waals surface area (Å²) in [7, 11) is 0. The molecule has 0 saturated heterocycles. The summed E-state index contributed by atoms with van der Waals surface area (Å²) in [6, 6.07) is 17.7. The third-order valence-electron chi connectivity index (χ3n) is 4.51. The van der Waals surface area contributed by atoms with Crippen molar-refractivity contribution in [2.75, 3.05) is 5.43 Å². The third-order valence-corrected chi connectivity index (χ3v) is 4.51. The van der Waals surface area contributed by atoms with Gasteiger partial charge < -0.3 is 0 Å². The van der Waals surface area contributed by atoms with Crippen LogP contribution in [0.15, 0.2) is 76.8 Å². The van der Waals surface area contributed by atoms with Crippen molar-refractivity contribution in [3.05, 3.63) is 100 Å². The number of aromatic amines is 1. The van der Waals surface area contributed by atoms with Gasteiger partial charge in [0, 0.05) is 22.9 Å². The Morgan fingerprint density at radius 2 is 1.81 bits per heavy atom.